The zero-order chi connectivity index (χ0) is 14.5. The van der Waals surface area contributed by atoms with Crippen LogP contribution in [-0.2, 0) is 20.9 Å². The van der Waals surface area contributed by atoms with Crippen LogP contribution >= 0.6 is 0 Å². The zero-order valence-electron chi connectivity index (χ0n) is 11.3. The molecular formula is C14H19NO4. The van der Waals surface area contributed by atoms with Crippen molar-refractivity contribution in [3.05, 3.63) is 35.9 Å². The molecule has 5 nitrogen and oxygen atoms in total. The Morgan fingerprint density at radius 3 is 2.42 bits per heavy atom. The molecule has 5 heteroatoms. The Hall–Kier alpha value is -1.88. The molecule has 0 aromatic heterocycles. The van der Waals surface area contributed by atoms with Crippen LogP contribution in [0.4, 0.5) is 0 Å². The van der Waals surface area contributed by atoms with E-state index in [2.05, 4.69) is 5.32 Å². The summed E-state index contributed by atoms with van der Waals surface area (Å²) in [6.07, 6.45) is -0.709. The van der Waals surface area contributed by atoms with Gasteiger partial charge in [0.25, 0.3) is 0 Å². The van der Waals surface area contributed by atoms with Gasteiger partial charge in [-0.2, -0.15) is 0 Å². The van der Waals surface area contributed by atoms with Gasteiger partial charge in [0.05, 0.1) is 6.61 Å². The Bertz CT molecular complexity index is 442. The zero-order valence-corrected chi connectivity index (χ0v) is 11.3. The fourth-order valence-electron chi connectivity index (χ4n) is 1.33. The van der Waals surface area contributed by atoms with Gasteiger partial charge in [-0.3, -0.25) is 4.79 Å². The summed E-state index contributed by atoms with van der Waals surface area (Å²) < 4.78 is 5.41. The van der Waals surface area contributed by atoms with Crippen LogP contribution < -0.4 is 5.32 Å². The van der Waals surface area contributed by atoms with Crippen LogP contribution in [0.1, 0.15) is 26.3 Å². The lowest BCUT2D eigenvalue weighted by Crippen LogP contribution is -2.52. The normalized spacial score (nSPS) is 12.8. The molecule has 0 saturated heterocycles. The Morgan fingerprint density at radius 2 is 1.89 bits per heavy atom. The highest BCUT2D eigenvalue weighted by molar-refractivity contribution is 5.88. The molecule has 0 saturated carbocycles. The van der Waals surface area contributed by atoms with Crippen LogP contribution in [0, 0.1) is 0 Å². The third kappa shape index (κ3) is 4.71. The molecule has 1 amide bonds. The van der Waals surface area contributed by atoms with Crippen LogP contribution in [-0.4, -0.2) is 28.6 Å². The molecule has 0 aliphatic rings. The number of amides is 1. The molecule has 2 N–H and O–H groups in total. The average molecular weight is 265 g/mol. The highest BCUT2D eigenvalue weighted by Gasteiger charge is 2.30. The molecule has 0 spiro atoms. The number of rotatable bonds is 6. The van der Waals surface area contributed by atoms with Crippen molar-refractivity contribution in [2.24, 2.45) is 0 Å². The first-order valence-corrected chi connectivity index (χ1v) is 6.04. The van der Waals surface area contributed by atoms with Gasteiger partial charge in [-0.1, -0.05) is 30.3 Å². The molecule has 1 aromatic rings. The van der Waals surface area contributed by atoms with E-state index in [1.807, 2.05) is 30.3 Å². The summed E-state index contributed by atoms with van der Waals surface area (Å²) in [6.45, 7) is 4.76. The molecule has 0 aliphatic carbocycles. The lowest BCUT2D eigenvalue weighted by molar-refractivity contribution is -0.148. The van der Waals surface area contributed by atoms with Crippen LogP contribution in [0.25, 0.3) is 0 Å². The van der Waals surface area contributed by atoms with E-state index >= 15 is 0 Å². The molecule has 0 heterocycles. The molecule has 104 valence electrons. The van der Waals surface area contributed by atoms with Gasteiger partial charge in [-0.05, 0) is 26.3 Å². The quantitative estimate of drug-likeness (QED) is 0.818. The maximum absolute atomic E-state index is 11.8. The Labute approximate surface area is 112 Å². The monoisotopic (exact) mass is 265 g/mol. The van der Waals surface area contributed by atoms with E-state index in [0.29, 0.717) is 6.61 Å². The second-order valence-corrected chi connectivity index (χ2v) is 4.86. The number of nitrogens with one attached hydrogen (secondary N) is 1. The van der Waals surface area contributed by atoms with Crippen molar-refractivity contribution in [1.29, 1.82) is 0 Å². The molecule has 0 aliphatic heterocycles. The smallest absolute Gasteiger partial charge is 0.328 e. The van der Waals surface area contributed by atoms with Gasteiger partial charge in [-0.15, -0.1) is 0 Å². The molecular weight excluding hydrogens is 246 g/mol. The summed E-state index contributed by atoms with van der Waals surface area (Å²) in [6, 6.07) is 9.46. The first-order valence-electron chi connectivity index (χ1n) is 6.04. The van der Waals surface area contributed by atoms with Gasteiger partial charge < -0.3 is 15.2 Å². The number of carboxylic acid groups (broad SMARTS) is 1. The van der Waals surface area contributed by atoms with E-state index in [-0.39, 0.29) is 0 Å². The number of carbonyl (C=O) groups is 2. The van der Waals surface area contributed by atoms with E-state index in [1.165, 1.54) is 13.8 Å². The summed E-state index contributed by atoms with van der Waals surface area (Å²) in [7, 11) is 0. The molecule has 1 atom stereocenters. The number of aliphatic carboxylic acids is 1. The predicted molar refractivity (Wildman–Crippen MR) is 70.6 cm³/mol. The number of hydrogen-bond donors (Lipinski definition) is 2. The van der Waals surface area contributed by atoms with Crippen LogP contribution in [0.3, 0.4) is 0 Å². The fourth-order valence-corrected chi connectivity index (χ4v) is 1.33. The summed E-state index contributed by atoms with van der Waals surface area (Å²) in [5.41, 5.74) is -0.346. The number of hydrogen-bond acceptors (Lipinski definition) is 3. The standard InChI is InChI=1S/C14H19NO4/c1-10(12(16)15-14(2,3)13(17)18)19-9-11-7-5-4-6-8-11/h4-8,10H,9H2,1-3H3,(H,15,16)(H,17,18). The van der Waals surface area contributed by atoms with Crippen molar-refractivity contribution in [3.63, 3.8) is 0 Å². The van der Waals surface area contributed by atoms with Crippen molar-refractivity contribution >= 4 is 11.9 Å². The number of carbonyl (C=O) groups excluding carboxylic acids is 1. The van der Waals surface area contributed by atoms with Crippen molar-refractivity contribution in [3.8, 4) is 0 Å². The highest BCUT2D eigenvalue weighted by atomic mass is 16.5. The minimum absolute atomic E-state index is 0.308. The summed E-state index contributed by atoms with van der Waals surface area (Å²) in [4.78, 5) is 22.7. The minimum atomic E-state index is -1.30. The van der Waals surface area contributed by atoms with Gasteiger partial charge in [0.2, 0.25) is 5.91 Å². The highest BCUT2D eigenvalue weighted by Crippen LogP contribution is 2.06. The van der Waals surface area contributed by atoms with Crippen molar-refractivity contribution in [1.82, 2.24) is 5.32 Å². The second-order valence-electron chi connectivity index (χ2n) is 4.86. The van der Waals surface area contributed by atoms with Gasteiger partial charge in [-0.25, -0.2) is 4.79 Å². The van der Waals surface area contributed by atoms with Gasteiger partial charge >= 0.3 is 5.97 Å². The van der Waals surface area contributed by atoms with E-state index in [0.717, 1.165) is 5.56 Å². The maximum atomic E-state index is 11.8. The molecule has 1 aromatic carbocycles. The maximum Gasteiger partial charge on any atom is 0.328 e. The lowest BCUT2D eigenvalue weighted by Gasteiger charge is -2.23. The van der Waals surface area contributed by atoms with Gasteiger partial charge in [0.15, 0.2) is 0 Å². The van der Waals surface area contributed by atoms with Gasteiger partial charge in [0.1, 0.15) is 11.6 Å². The van der Waals surface area contributed by atoms with E-state index in [4.69, 9.17) is 9.84 Å². The molecule has 19 heavy (non-hydrogen) atoms. The summed E-state index contributed by atoms with van der Waals surface area (Å²) >= 11 is 0. The minimum Gasteiger partial charge on any atom is -0.480 e. The number of ether oxygens (including phenoxy) is 1. The van der Waals surface area contributed by atoms with Crippen LogP contribution in [0.15, 0.2) is 30.3 Å². The van der Waals surface area contributed by atoms with Crippen LogP contribution in [0.5, 0.6) is 0 Å². The molecule has 1 unspecified atom stereocenters. The molecule has 1 rings (SSSR count). The largest absolute Gasteiger partial charge is 0.480 e. The van der Waals surface area contributed by atoms with E-state index < -0.39 is 23.5 Å². The number of benzene rings is 1. The number of carboxylic acids is 1. The third-order valence-corrected chi connectivity index (χ3v) is 2.68. The average Bonchev–Trinajstić information content (AvgIpc) is 2.36. The van der Waals surface area contributed by atoms with Crippen molar-refractivity contribution < 1.29 is 19.4 Å². The fraction of sp³-hybridized carbons (Fsp3) is 0.429. The Balaban J connectivity index is 2.48. The first-order chi connectivity index (χ1) is 8.83. The molecule has 0 bridgehead atoms. The Morgan fingerprint density at radius 1 is 1.32 bits per heavy atom. The lowest BCUT2D eigenvalue weighted by atomic mass is 10.1. The molecule has 0 fully saturated rings. The molecule has 0 radical (unpaired) electrons. The predicted octanol–water partition coefficient (Wildman–Crippen LogP) is 1.57. The topological polar surface area (TPSA) is 75.6 Å². The summed E-state index contributed by atoms with van der Waals surface area (Å²) in [5, 5.41) is 11.4. The van der Waals surface area contributed by atoms with Gasteiger partial charge in [0, 0.05) is 0 Å². The SMILES string of the molecule is CC(OCc1ccccc1)C(=O)NC(C)(C)C(=O)O. The van der Waals surface area contributed by atoms with E-state index in [1.54, 1.807) is 6.92 Å². The van der Waals surface area contributed by atoms with E-state index in [9.17, 15) is 9.59 Å². The van der Waals surface area contributed by atoms with Crippen LogP contribution in [0.2, 0.25) is 0 Å². The van der Waals surface area contributed by atoms with Crippen molar-refractivity contribution in [2.45, 2.75) is 39.0 Å². The second kappa shape index (κ2) is 6.33. The summed E-state index contributed by atoms with van der Waals surface area (Å²) in [5.74, 6) is -1.53. The first kappa shape index (κ1) is 15.2. The Kier molecular flexibility index (Phi) is 5.06. The third-order valence-electron chi connectivity index (χ3n) is 2.68. The van der Waals surface area contributed by atoms with Crippen molar-refractivity contribution in [2.75, 3.05) is 0 Å².